The summed E-state index contributed by atoms with van der Waals surface area (Å²) < 4.78 is 1.90. The Morgan fingerprint density at radius 1 is 1.50 bits per heavy atom. The predicted octanol–water partition coefficient (Wildman–Crippen LogP) is 0.974. The molecule has 1 saturated heterocycles. The second-order valence-corrected chi connectivity index (χ2v) is 5.54. The molecule has 1 aromatic rings. The van der Waals surface area contributed by atoms with Crippen molar-refractivity contribution in [2.24, 2.45) is 12.0 Å². The van der Waals surface area contributed by atoms with Crippen LogP contribution in [0, 0.1) is 0 Å². The van der Waals surface area contributed by atoms with Crippen molar-refractivity contribution >= 4 is 30.6 Å². The number of aldehydes is 1. The van der Waals surface area contributed by atoms with Crippen LogP contribution in [-0.2, 0) is 11.8 Å². The molecule has 0 unspecified atom stereocenters. The van der Waals surface area contributed by atoms with Crippen molar-refractivity contribution in [1.29, 1.82) is 0 Å². The van der Waals surface area contributed by atoms with Gasteiger partial charge in [0.15, 0.2) is 6.29 Å². The minimum absolute atomic E-state index is 0.620. The summed E-state index contributed by atoms with van der Waals surface area (Å²) in [5.74, 6) is 1.96. The zero-order chi connectivity index (χ0) is 14.4. The molecule has 1 aliphatic heterocycles. The van der Waals surface area contributed by atoms with Crippen molar-refractivity contribution < 1.29 is 4.79 Å². The summed E-state index contributed by atoms with van der Waals surface area (Å²) in [5, 5.41) is 4.20. The van der Waals surface area contributed by atoms with E-state index in [1.807, 2.05) is 24.0 Å². The molecule has 0 aromatic carbocycles. The molecule has 1 aromatic heterocycles. The van der Waals surface area contributed by atoms with Crippen molar-refractivity contribution in [3.05, 3.63) is 23.4 Å². The molecule has 0 bridgehead atoms. The van der Waals surface area contributed by atoms with Gasteiger partial charge in [0.1, 0.15) is 5.82 Å². The van der Waals surface area contributed by atoms with Crippen molar-refractivity contribution in [2.45, 2.75) is 0 Å². The van der Waals surface area contributed by atoms with Gasteiger partial charge in [0.25, 0.3) is 0 Å². The zero-order valence-electron chi connectivity index (χ0n) is 11.6. The number of thioether (sulfide) groups is 1. The Labute approximate surface area is 123 Å². The Morgan fingerprint density at radius 3 is 2.80 bits per heavy atom. The Bertz CT molecular complexity index is 491. The van der Waals surface area contributed by atoms with Crippen LogP contribution in [-0.4, -0.2) is 59.7 Å². The van der Waals surface area contributed by atoms with Gasteiger partial charge in [0.2, 0.25) is 0 Å². The third-order valence-corrected chi connectivity index (χ3v) is 4.27. The lowest BCUT2D eigenvalue weighted by Crippen LogP contribution is -2.46. The first-order valence-corrected chi connectivity index (χ1v) is 7.42. The van der Waals surface area contributed by atoms with E-state index in [9.17, 15) is 4.79 Å². The van der Waals surface area contributed by atoms with Gasteiger partial charge >= 0.3 is 0 Å². The zero-order valence-corrected chi connectivity index (χ0v) is 12.4. The number of rotatable bonds is 6. The quantitative estimate of drug-likeness (QED) is 0.444. The minimum atomic E-state index is 0.620. The van der Waals surface area contributed by atoms with Crippen LogP contribution in [0.5, 0.6) is 0 Å². The predicted molar refractivity (Wildman–Crippen MR) is 83.1 cm³/mol. The number of piperazine rings is 1. The molecule has 0 spiro atoms. The van der Waals surface area contributed by atoms with E-state index < -0.39 is 0 Å². The second kappa shape index (κ2) is 7.25. The maximum atomic E-state index is 10.8. The van der Waals surface area contributed by atoms with Gasteiger partial charge in [-0.3, -0.25) is 19.4 Å². The number of anilines is 1. The van der Waals surface area contributed by atoms with E-state index in [1.54, 1.807) is 0 Å². The van der Waals surface area contributed by atoms with Crippen LogP contribution in [0.1, 0.15) is 0 Å². The molecule has 0 saturated carbocycles. The number of hydrogen-bond donors (Lipinski definition) is 0. The third kappa shape index (κ3) is 3.71. The van der Waals surface area contributed by atoms with Crippen LogP contribution in [0.4, 0.5) is 5.82 Å². The highest BCUT2D eigenvalue weighted by molar-refractivity contribution is 8.03. The monoisotopic (exact) mass is 293 g/mol. The lowest BCUT2D eigenvalue weighted by molar-refractivity contribution is -0.104. The first-order valence-electron chi connectivity index (χ1n) is 6.44. The van der Waals surface area contributed by atoms with E-state index in [2.05, 4.69) is 26.6 Å². The molecule has 0 radical (unpaired) electrons. The summed E-state index contributed by atoms with van der Waals surface area (Å²) in [6.45, 7) is 7.26. The van der Waals surface area contributed by atoms with Crippen LogP contribution < -0.4 is 4.90 Å². The average molecular weight is 293 g/mol. The number of hydrogen-bond acceptors (Lipinski definition) is 6. The molecule has 0 aliphatic carbocycles. The van der Waals surface area contributed by atoms with Crippen molar-refractivity contribution in [1.82, 2.24) is 14.7 Å². The normalized spacial score (nSPS) is 17.2. The van der Waals surface area contributed by atoms with Crippen molar-refractivity contribution in [3.63, 3.8) is 0 Å². The van der Waals surface area contributed by atoms with E-state index in [0.29, 0.717) is 4.91 Å². The molecule has 6 nitrogen and oxygen atoms in total. The molecule has 20 heavy (non-hydrogen) atoms. The smallest absolute Gasteiger partial charge is 0.157 e. The lowest BCUT2D eigenvalue weighted by Gasteiger charge is -2.35. The van der Waals surface area contributed by atoms with E-state index >= 15 is 0 Å². The third-order valence-electron chi connectivity index (χ3n) is 3.24. The maximum Gasteiger partial charge on any atom is 0.157 e. The van der Waals surface area contributed by atoms with Crippen LogP contribution in [0.2, 0.25) is 0 Å². The summed E-state index contributed by atoms with van der Waals surface area (Å²) >= 11 is 1.50. The summed E-state index contributed by atoms with van der Waals surface area (Å²) in [6.07, 6.45) is 4.15. The molecule has 2 rings (SSSR count). The number of allylic oxidation sites excluding steroid dienone is 1. The van der Waals surface area contributed by atoms with Gasteiger partial charge in [0.05, 0.1) is 11.1 Å². The number of aromatic nitrogens is 2. The van der Waals surface area contributed by atoms with Crippen LogP contribution in [0.3, 0.4) is 0 Å². The Hall–Kier alpha value is -1.60. The Morgan fingerprint density at radius 2 is 2.25 bits per heavy atom. The molecule has 2 heterocycles. The highest BCUT2D eigenvalue weighted by Crippen LogP contribution is 2.18. The topological polar surface area (TPSA) is 53.7 Å². The standard InChI is InChI=1S/C13H19N5OS/c1-14-9-12(10-19)20-11-17-5-7-18(8-6-17)13-3-4-15-16(13)2/h3-4,9-10H,1,5-8,11H2,2H3/b12-9-. The van der Waals surface area contributed by atoms with Crippen molar-refractivity contribution in [3.8, 4) is 0 Å². The minimum Gasteiger partial charge on any atom is -0.354 e. The van der Waals surface area contributed by atoms with E-state index in [4.69, 9.17) is 0 Å². The summed E-state index contributed by atoms with van der Waals surface area (Å²) in [4.78, 5) is 19.7. The number of aliphatic imine (C=N–C) groups is 1. The van der Waals surface area contributed by atoms with Gasteiger partial charge in [-0.2, -0.15) is 5.10 Å². The summed E-state index contributed by atoms with van der Waals surface area (Å²) in [5.41, 5.74) is 0. The maximum absolute atomic E-state index is 10.8. The highest BCUT2D eigenvalue weighted by atomic mass is 32.2. The van der Waals surface area contributed by atoms with Crippen LogP contribution in [0.25, 0.3) is 0 Å². The van der Waals surface area contributed by atoms with E-state index in [1.165, 1.54) is 18.0 Å². The second-order valence-electron chi connectivity index (χ2n) is 4.52. The van der Waals surface area contributed by atoms with Gasteiger partial charge in [0, 0.05) is 51.4 Å². The molecule has 0 atom stereocenters. The van der Waals surface area contributed by atoms with Crippen LogP contribution >= 0.6 is 11.8 Å². The fourth-order valence-electron chi connectivity index (χ4n) is 2.14. The number of carbonyl (C=O) groups is 1. The fraction of sp³-hybridized carbons (Fsp3) is 0.462. The van der Waals surface area contributed by atoms with Gasteiger partial charge < -0.3 is 4.90 Å². The molecule has 7 heteroatoms. The van der Waals surface area contributed by atoms with Crippen molar-refractivity contribution in [2.75, 3.05) is 37.0 Å². The van der Waals surface area contributed by atoms with Crippen LogP contribution in [0.15, 0.2) is 28.4 Å². The molecular weight excluding hydrogens is 274 g/mol. The highest BCUT2D eigenvalue weighted by Gasteiger charge is 2.19. The van der Waals surface area contributed by atoms with Gasteiger partial charge in [-0.25, -0.2) is 0 Å². The number of nitrogens with zero attached hydrogens (tertiary/aromatic N) is 5. The van der Waals surface area contributed by atoms with Gasteiger partial charge in [-0.15, -0.1) is 11.8 Å². The van der Waals surface area contributed by atoms with E-state index in [0.717, 1.165) is 44.2 Å². The van der Waals surface area contributed by atoms with Gasteiger partial charge in [-0.05, 0) is 6.72 Å². The first kappa shape index (κ1) is 14.8. The summed E-state index contributed by atoms with van der Waals surface area (Å²) in [6, 6.07) is 2.04. The molecule has 1 aliphatic rings. The fourth-order valence-corrected chi connectivity index (χ4v) is 2.95. The molecule has 0 N–H and O–H groups in total. The van der Waals surface area contributed by atoms with E-state index in [-0.39, 0.29) is 0 Å². The molecule has 0 amide bonds. The number of carbonyl (C=O) groups excluding carboxylic acids is 1. The summed E-state index contributed by atoms with van der Waals surface area (Å²) in [7, 11) is 1.96. The lowest BCUT2D eigenvalue weighted by atomic mass is 10.3. The molecule has 108 valence electrons. The average Bonchev–Trinajstić information content (AvgIpc) is 2.90. The Kier molecular flexibility index (Phi) is 5.37. The largest absolute Gasteiger partial charge is 0.354 e. The Balaban J connectivity index is 1.80. The SMILES string of the molecule is C=N/C=C(/C=O)SCN1CCN(c2ccnn2C)CC1. The molecular formula is C13H19N5OS. The number of aryl methyl sites for hydroxylation is 1. The van der Waals surface area contributed by atoms with Gasteiger partial charge in [-0.1, -0.05) is 0 Å². The first-order chi connectivity index (χ1) is 9.74. The molecule has 1 fully saturated rings.